The Hall–Kier alpha value is -5.94. The second kappa shape index (κ2) is 21.4. The van der Waals surface area contributed by atoms with Crippen molar-refractivity contribution in [1.29, 1.82) is 0 Å². The summed E-state index contributed by atoms with van der Waals surface area (Å²) < 4.78 is 5.21. The fourth-order valence-electron chi connectivity index (χ4n) is 7.18. The van der Waals surface area contributed by atoms with E-state index in [-0.39, 0.29) is 12.8 Å². The first kappa shape index (κ1) is 48.1. The molecule has 7 amide bonds. The molecule has 63 heavy (non-hydrogen) atoms. The number of methoxy groups -OCH3 is 1. The quantitative estimate of drug-likeness (QED) is 0.106. The number of H-pyrrole nitrogens is 1. The van der Waals surface area contributed by atoms with E-state index in [1.54, 1.807) is 60.8 Å². The zero-order chi connectivity index (χ0) is 46.0. The average Bonchev–Trinajstić information content (AvgIpc) is 3.74. The number of β-amino-alcohol motifs (C(OH)–C–C–N with tert-alkyl or cyclic N) is 1. The second-order valence-corrected chi connectivity index (χ2v) is 15.8. The first-order chi connectivity index (χ1) is 29.9. The van der Waals surface area contributed by atoms with Crippen LogP contribution in [0.15, 0.2) is 60.8 Å². The third kappa shape index (κ3) is 12.6. The van der Waals surface area contributed by atoms with E-state index in [0.29, 0.717) is 21.5 Å². The lowest BCUT2D eigenvalue weighted by Gasteiger charge is -2.34. The molecule has 2 aliphatic rings. The molecule has 21 nitrogen and oxygen atoms in total. The van der Waals surface area contributed by atoms with E-state index in [2.05, 4.69) is 36.9 Å². The molecule has 2 fully saturated rings. The molecule has 3 aromatic rings. The number of rotatable bonds is 8. The van der Waals surface area contributed by atoms with E-state index in [9.17, 15) is 59.1 Å². The molecule has 12 N–H and O–H groups in total. The Balaban J connectivity index is 1.40. The van der Waals surface area contributed by atoms with Gasteiger partial charge in [0.25, 0.3) is 11.8 Å². The summed E-state index contributed by atoms with van der Waals surface area (Å²) in [6, 6.07) is 8.79. The van der Waals surface area contributed by atoms with Crippen LogP contribution in [0.25, 0.3) is 17.0 Å². The van der Waals surface area contributed by atoms with Crippen molar-refractivity contribution in [2.75, 3.05) is 33.8 Å². The Morgan fingerprint density at radius 2 is 1.65 bits per heavy atom. The van der Waals surface area contributed by atoms with Gasteiger partial charge in [-0.3, -0.25) is 33.6 Å². The van der Waals surface area contributed by atoms with Gasteiger partial charge < -0.3 is 72.1 Å². The van der Waals surface area contributed by atoms with Gasteiger partial charge in [0.1, 0.15) is 18.2 Å². The summed E-state index contributed by atoms with van der Waals surface area (Å²) in [5.41, 5.74) is -0.620. The van der Waals surface area contributed by atoms with Crippen LogP contribution in [0.2, 0.25) is 5.02 Å². The van der Waals surface area contributed by atoms with E-state index in [4.69, 9.17) is 16.3 Å². The van der Waals surface area contributed by atoms with Gasteiger partial charge in [-0.2, -0.15) is 0 Å². The molecule has 3 heterocycles. The molecule has 2 saturated heterocycles. The van der Waals surface area contributed by atoms with Crippen LogP contribution in [-0.2, 0) is 44.7 Å². The molecule has 1 aromatic heterocycles. The average molecular weight is 899 g/mol. The van der Waals surface area contributed by atoms with E-state index in [0.717, 1.165) is 17.6 Å². The molecular formula is C41H51ClN8O13. The number of ether oxygens (including phenoxy) is 1. The third-order valence-electron chi connectivity index (χ3n) is 10.6. The number of likely N-dealkylation sites (N-methyl/N-ethyl adjacent to an activating group) is 1. The lowest BCUT2D eigenvalue weighted by molar-refractivity contribution is -0.146. The van der Waals surface area contributed by atoms with Crippen molar-refractivity contribution in [3.8, 4) is 0 Å². The SMILES string of the molecule is CO[C@H]1C(=O)N[C@@]2(O)CC(=O)N(C)CC(=O)N[C@H](Cc3c[nH]c4cc(Cl)ccc34)C(=O)NCC(=O)NC[C@H](O)CC(=O)N[C@H]([C@H](O)[C@@H](O)C/C=C/c3ccccc3)[C@H](O)C(=O)N[C@H]12. The molecule has 0 radical (unpaired) electrons. The smallest absolute Gasteiger partial charge is 0.253 e. The summed E-state index contributed by atoms with van der Waals surface area (Å²) in [5.74, 6) is -6.82. The fourth-order valence-corrected chi connectivity index (χ4v) is 7.35. The number of hydrogen-bond donors (Lipinski definition) is 12. The van der Waals surface area contributed by atoms with Gasteiger partial charge >= 0.3 is 0 Å². The van der Waals surface area contributed by atoms with E-state index < -0.39 is 128 Å². The van der Waals surface area contributed by atoms with Crippen LogP contribution in [0.5, 0.6) is 0 Å². The number of aromatic nitrogens is 1. The van der Waals surface area contributed by atoms with Gasteiger partial charge in [0.05, 0.1) is 44.2 Å². The molecule has 0 bridgehead atoms. The van der Waals surface area contributed by atoms with Crippen molar-refractivity contribution in [3.63, 3.8) is 0 Å². The van der Waals surface area contributed by atoms with Crippen LogP contribution in [0.1, 0.15) is 30.4 Å². The maximum atomic E-state index is 13.7. The Kier molecular flexibility index (Phi) is 16.4. The molecule has 340 valence electrons. The summed E-state index contributed by atoms with van der Waals surface area (Å²) in [5, 5.41) is 71.0. The number of aliphatic hydroxyl groups is 5. The number of carbonyl (C=O) groups is 7. The fraction of sp³-hybridized carbons (Fsp3) is 0.439. The molecule has 9 atom stereocenters. The Morgan fingerprint density at radius 1 is 0.921 bits per heavy atom. The summed E-state index contributed by atoms with van der Waals surface area (Å²) in [6.45, 7) is -1.84. The molecule has 2 aliphatic heterocycles. The predicted molar refractivity (Wildman–Crippen MR) is 224 cm³/mol. The summed E-state index contributed by atoms with van der Waals surface area (Å²) in [6.07, 6.45) is -6.72. The number of fused-ring (bicyclic) bond motifs is 2. The number of aromatic amines is 1. The monoisotopic (exact) mass is 898 g/mol. The van der Waals surface area contributed by atoms with Crippen LogP contribution < -0.4 is 31.9 Å². The highest BCUT2D eigenvalue weighted by atomic mass is 35.5. The van der Waals surface area contributed by atoms with Crippen LogP contribution in [-0.4, -0.2) is 165 Å². The van der Waals surface area contributed by atoms with Gasteiger partial charge in [-0.25, -0.2) is 0 Å². The number of aliphatic hydroxyl groups excluding tert-OH is 4. The highest BCUT2D eigenvalue weighted by Gasteiger charge is 2.55. The minimum Gasteiger partial charge on any atom is -0.391 e. The van der Waals surface area contributed by atoms with Crippen LogP contribution in [0.4, 0.5) is 0 Å². The predicted octanol–water partition coefficient (Wildman–Crippen LogP) is -3.32. The van der Waals surface area contributed by atoms with E-state index in [1.807, 2.05) is 0 Å². The number of carbonyl (C=O) groups excluding carboxylic acids is 7. The minimum atomic E-state index is -2.60. The molecule has 2 aromatic carbocycles. The van der Waals surface area contributed by atoms with Gasteiger partial charge in [-0.05, 0) is 29.7 Å². The first-order valence-electron chi connectivity index (χ1n) is 19.8. The van der Waals surface area contributed by atoms with Crippen molar-refractivity contribution in [3.05, 3.63) is 77.0 Å². The molecule has 0 saturated carbocycles. The van der Waals surface area contributed by atoms with Crippen molar-refractivity contribution in [1.82, 2.24) is 41.8 Å². The molecule has 22 heteroatoms. The summed E-state index contributed by atoms with van der Waals surface area (Å²) in [7, 11) is 2.26. The zero-order valence-electron chi connectivity index (χ0n) is 34.2. The number of benzene rings is 2. The van der Waals surface area contributed by atoms with Gasteiger partial charge in [0.2, 0.25) is 29.5 Å². The number of nitrogens with one attached hydrogen (secondary N) is 7. The lowest BCUT2D eigenvalue weighted by atomic mass is 9.95. The molecule has 0 aliphatic carbocycles. The molecule has 0 unspecified atom stereocenters. The topological polar surface area (TPSA) is 321 Å². The van der Waals surface area contributed by atoms with Gasteiger partial charge in [-0.1, -0.05) is 60.2 Å². The summed E-state index contributed by atoms with van der Waals surface area (Å²) >= 11 is 6.12. The normalized spacial score (nSPS) is 27.4. The van der Waals surface area contributed by atoms with Crippen molar-refractivity contribution >= 4 is 69.9 Å². The molecule has 5 rings (SSSR count). The Morgan fingerprint density at radius 3 is 2.37 bits per heavy atom. The largest absolute Gasteiger partial charge is 0.391 e. The molecular weight excluding hydrogens is 848 g/mol. The summed E-state index contributed by atoms with van der Waals surface area (Å²) in [4.78, 5) is 97.1. The second-order valence-electron chi connectivity index (χ2n) is 15.3. The number of hydrogen-bond acceptors (Lipinski definition) is 13. The number of halogens is 1. The Bertz CT molecular complexity index is 2190. The zero-order valence-corrected chi connectivity index (χ0v) is 35.0. The standard InChI is InChI=1S/C41H51ClN8O13/c1-50-20-31(55)46-27(13-22-17-43-26-14-23(42)11-12-25(22)26)38(59)45-19-30(54)44-18-24(51)15-29(53)47-33(34(57)28(52)10-6-9-21-7-4-3-5-8-21)35(58)39(60)48-37-36(63-2)40(61)49-41(37,62)16-32(50)56/h3-9,11-12,14,17,24,27-28,33-37,43,51-52,57-58,62H,10,13,15-16,18-20H2,1-2H3,(H,44,54)(H,45,59)(H,46,55)(H,47,53)(H,48,60)(H,49,61)/b9-6+/t24-,27-,28+,33-,34-,35+,36-,37-,41-/m1/s1. The first-order valence-corrected chi connectivity index (χ1v) is 20.2. The highest BCUT2D eigenvalue weighted by Crippen LogP contribution is 2.26. The van der Waals surface area contributed by atoms with Crippen LogP contribution in [0.3, 0.4) is 0 Å². The highest BCUT2D eigenvalue weighted by molar-refractivity contribution is 6.31. The lowest BCUT2D eigenvalue weighted by Crippen LogP contribution is -2.64. The molecule has 0 spiro atoms. The van der Waals surface area contributed by atoms with Crippen LogP contribution in [0, 0.1) is 0 Å². The maximum absolute atomic E-state index is 13.7. The van der Waals surface area contributed by atoms with Crippen molar-refractivity contribution in [2.45, 2.75) is 80.1 Å². The minimum absolute atomic E-state index is 0.0964. The van der Waals surface area contributed by atoms with Crippen molar-refractivity contribution in [2.24, 2.45) is 0 Å². The van der Waals surface area contributed by atoms with Gasteiger partial charge in [-0.15, -0.1) is 0 Å². The van der Waals surface area contributed by atoms with Gasteiger partial charge in [0.15, 0.2) is 17.9 Å². The maximum Gasteiger partial charge on any atom is 0.253 e. The van der Waals surface area contributed by atoms with Crippen LogP contribution >= 0.6 is 11.6 Å². The third-order valence-corrected chi connectivity index (χ3v) is 10.8. The van der Waals surface area contributed by atoms with Gasteiger partial charge in [0, 0.05) is 49.2 Å². The van der Waals surface area contributed by atoms with E-state index >= 15 is 0 Å². The number of amides is 7. The van der Waals surface area contributed by atoms with Crippen molar-refractivity contribution < 1.29 is 63.8 Å². The number of nitrogens with zero attached hydrogens (tertiary/aromatic N) is 1. The Labute approximate surface area is 365 Å². The van der Waals surface area contributed by atoms with E-state index in [1.165, 1.54) is 13.1 Å².